The molecule has 61 heavy (non-hydrogen) atoms. The summed E-state index contributed by atoms with van der Waals surface area (Å²) in [5.74, 6) is -0.0970. The van der Waals surface area contributed by atoms with Crippen LogP contribution in [0.1, 0.15) is 290 Å². The van der Waals surface area contributed by atoms with Gasteiger partial charge in [-0.15, -0.1) is 0 Å². The van der Waals surface area contributed by atoms with Crippen LogP contribution in [0, 0.1) is 0 Å². The summed E-state index contributed by atoms with van der Waals surface area (Å²) in [5.41, 5.74) is 0. The van der Waals surface area contributed by atoms with Crippen LogP contribution in [-0.4, -0.2) is 47.4 Å². The maximum Gasteiger partial charge on any atom is 0.305 e. The van der Waals surface area contributed by atoms with Crippen molar-refractivity contribution in [2.75, 3.05) is 13.2 Å². The van der Waals surface area contributed by atoms with E-state index < -0.39 is 12.1 Å². The summed E-state index contributed by atoms with van der Waals surface area (Å²) in [6, 6.07) is -0.639. The first-order valence-corrected chi connectivity index (χ1v) is 27.1. The molecular weight excluding hydrogens is 755 g/mol. The van der Waals surface area contributed by atoms with E-state index in [1.807, 2.05) is 6.08 Å². The molecule has 0 radical (unpaired) electrons. The maximum absolute atomic E-state index is 12.4. The van der Waals surface area contributed by atoms with Crippen molar-refractivity contribution < 1.29 is 24.5 Å². The Morgan fingerprint density at radius 3 is 1.16 bits per heavy atom. The van der Waals surface area contributed by atoms with Gasteiger partial charge in [0.25, 0.3) is 0 Å². The molecule has 0 aliphatic heterocycles. The van der Waals surface area contributed by atoms with Gasteiger partial charge in [-0.1, -0.05) is 244 Å². The first-order valence-electron chi connectivity index (χ1n) is 27.1. The van der Waals surface area contributed by atoms with Crippen LogP contribution in [0.3, 0.4) is 0 Å². The number of hydrogen-bond acceptors (Lipinski definition) is 5. The van der Waals surface area contributed by atoms with Crippen molar-refractivity contribution in [3.8, 4) is 0 Å². The topological polar surface area (TPSA) is 95.9 Å². The van der Waals surface area contributed by atoms with E-state index in [4.69, 9.17) is 4.74 Å². The molecule has 0 saturated heterocycles. The van der Waals surface area contributed by atoms with Gasteiger partial charge < -0.3 is 20.3 Å². The Kier molecular flexibility index (Phi) is 49.6. The third-order valence-corrected chi connectivity index (χ3v) is 12.5. The SMILES string of the molecule is CCCCCCCCC/C=C\CCCCCCCCCC(=O)OCCCCCCCCCCCCCCC(=O)NC(CO)C(O)/C=C/CCCCCCCCCCCCCC. The first kappa shape index (κ1) is 59.3. The number of aliphatic hydroxyl groups excluding tert-OH is 2. The van der Waals surface area contributed by atoms with Crippen molar-refractivity contribution >= 4 is 11.9 Å². The number of allylic oxidation sites excluding steroid dienone is 3. The van der Waals surface area contributed by atoms with Gasteiger partial charge in [0, 0.05) is 12.8 Å². The summed E-state index contributed by atoms with van der Waals surface area (Å²) in [7, 11) is 0. The molecule has 0 aliphatic carbocycles. The molecule has 6 heteroatoms. The quantitative estimate of drug-likeness (QED) is 0.0322. The fraction of sp³-hybridized carbons (Fsp3) is 0.891. The van der Waals surface area contributed by atoms with Gasteiger partial charge in [0.2, 0.25) is 5.91 Å². The smallest absolute Gasteiger partial charge is 0.305 e. The Morgan fingerprint density at radius 1 is 0.443 bits per heavy atom. The second-order valence-corrected chi connectivity index (χ2v) is 18.6. The van der Waals surface area contributed by atoms with Gasteiger partial charge in [-0.25, -0.2) is 0 Å². The summed E-state index contributed by atoms with van der Waals surface area (Å²) in [6.07, 6.45) is 60.4. The van der Waals surface area contributed by atoms with Crippen LogP contribution < -0.4 is 5.32 Å². The number of rotatable bonds is 50. The Morgan fingerprint density at radius 2 is 0.770 bits per heavy atom. The lowest BCUT2D eigenvalue weighted by molar-refractivity contribution is -0.143. The monoisotopic (exact) mass is 860 g/mol. The van der Waals surface area contributed by atoms with Crippen molar-refractivity contribution in [3.05, 3.63) is 24.3 Å². The van der Waals surface area contributed by atoms with Gasteiger partial charge in [0.1, 0.15) is 0 Å². The van der Waals surface area contributed by atoms with Crippen molar-refractivity contribution in [2.24, 2.45) is 0 Å². The molecule has 360 valence electrons. The summed E-state index contributed by atoms with van der Waals surface area (Å²) in [5, 5.41) is 23.0. The first-order chi connectivity index (χ1) is 30.0. The van der Waals surface area contributed by atoms with Crippen molar-refractivity contribution in [1.82, 2.24) is 5.32 Å². The number of nitrogens with one attached hydrogen (secondary N) is 1. The Bertz CT molecular complexity index is 951. The van der Waals surface area contributed by atoms with Gasteiger partial charge in [-0.3, -0.25) is 9.59 Å². The third-order valence-electron chi connectivity index (χ3n) is 12.5. The van der Waals surface area contributed by atoms with Gasteiger partial charge in [-0.2, -0.15) is 0 Å². The fourth-order valence-electron chi connectivity index (χ4n) is 8.27. The highest BCUT2D eigenvalue weighted by Gasteiger charge is 2.18. The minimum Gasteiger partial charge on any atom is -0.466 e. The average Bonchev–Trinajstić information content (AvgIpc) is 3.26. The fourth-order valence-corrected chi connectivity index (χ4v) is 8.27. The summed E-state index contributed by atoms with van der Waals surface area (Å²) >= 11 is 0. The molecule has 0 aromatic heterocycles. The van der Waals surface area contributed by atoms with Gasteiger partial charge >= 0.3 is 5.97 Å². The molecule has 0 fully saturated rings. The number of aliphatic hydroxyl groups is 2. The predicted octanol–water partition coefficient (Wildman–Crippen LogP) is 16.3. The van der Waals surface area contributed by atoms with E-state index in [1.165, 1.54) is 205 Å². The van der Waals surface area contributed by atoms with E-state index in [2.05, 4.69) is 31.3 Å². The molecule has 2 atom stereocenters. The molecule has 6 nitrogen and oxygen atoms in total. The molecule has 0 aliphatic rings. The summed E-state index contributed by atoms with van der Waals surface area (Å²) in [4.78, 5) is 24.5. The number of unbranched alkanes of at least 4 members (excludes halogenated alkanes) is 37. The minimum absolute atomic E-state index is 0.0138. The number of carbonyl (C=O) groups excluding carboxylic acids is 2. The number of hydrogen-bond donors (Lipinski definition) is 3. The summed E-state index contributed by atoms with van der Waals surface area (Å²) in [6.45, 7) is 4.87. The molecule has 0 aromatic rings. The molecule has 2 unspecified atom stereocenters. The van der Waals surface area contributed by atoms with Crippen LogP contribution in [0.4, 0.5) is 0 Å². The Balaban J connectivity index is 3.47. The van der Waals surface area contributed by atoms with Crippen molar-refractivity contribution in [2.45, 2.75) is 302 Å². The molecule has 0 spiro atoms. The van der Waals surface area contributed by atoms with Crippen LogP contribution in [0.5, 0.6) is 0 Å². The molecule has 1 amide bonds. The molecule has 0 rings (SSSR count). The average molecular weight is 860 g/mol. The lowest BCUT2D eigenvalue weighted by atomic mass is 10.0. The van der Waals surface area contributed by atoms with Crippen LogP contribution in [-0.2, 0) is 14.3 Å². The van der Waals surface area contributed by atoms with Crippen LogP contribution in [0.15, 0.2) is 24.3 Å². The van der Waals surface area contributed by atoms with Gasteiger partial charge in [0.15, 0.2) is 0 Å². The van der Waals surface area contributed by atoms with E-state index >= 15 is 0 Å². The largest absolute Gasteiger partial charge is 0.466 e. The zero-order valence-electron chi connectivity index (χ0n) is 40.9. The van der Waals surface area contributed by atoms with E-state index in [9.17, 15) is 19.8 Å². The van der Waals surface area contributed by atoms with Crippen LogP contribution >= 0.6 is 0 Å². The number of amides is 1. The molecule has 0 bridgehead atoms. The van der Waals surface area contributed by atoms with Crippen molar-refractivity contribution in [1.29, 1.82) is 0 Å². The van der Waals surface area contributed by atoms with E-state index in [0.717, 1.165) is 57.8 Å². The van der Waals surface area contributed by atoms with Gasteiger partial charge in [0.05, 0.1) is 25.4 Å². The van der Waals surface area contributed by atoms with E-state index in [-0.39, 0.29) is 18.5 Å². The standard InChI is InChI=1S/C55H105NO5/c1-3-5-7-9-11-13-15-17-19-20-21-22-24-29-33-37-41-45-49-55(60)61-50-46-42-38-34-30-26-25-28-32-36-40-44-48-54(59)56-52(51-57)53(58)47-43-39-35-31-27-23-18-16-14-12-10-8-6-4-2/h19-20,43,47,52-53,57-58H,3-18,21-42,44-46,48-51H2,1-2H3,(H,56,59)/b20-19-,47-43+. The lowest BCUT2D eigenvalue weighted by Crippen LogP contribution is -2.45. The Labute approximate surface area is 380 Å². The van der Waals surface area contributed by atoms with Crippen LogP contribution in [0.2, 0.25) is 0 Å². The normalized spacial score (nSPS) is 12.8. The lowest BCUT2D eigenvalue weighted by Gasteiger charge is -2.20. The molecular formula is C55H105NO5. The molecule has 0 heterocycles. The second kappa shape index (κ2) is 51.0. The molecule has 0 aromatic carbocycles. The predicted molar refractivity (Wildman–Crippen MR) is 264 cm³/mol. The summed E-state index contributed by atoms with van der Waals surface area (Å²) < 4.78 is 5.47. The van der Waals surface area contributed by atoms with Gasteiger partial charge in [-0.05, 0) is 57.8 Å². The second-order valence-electron chi connectivity index (χ2n) is 18.6. The third kappa shape index (κ3) is 47.7. The number of carbonyl (C=O) groups is 2. The van der Waals surface area contributed by atoms with E-state index in [0.29, 0.717) is 19.4 Å². The van der Waals surface area contributed by atoms with Crippen LogP contribution in [0.25, 0.3) is 0 Å². The highest BCUT2D eigenvalue weighted by atomic mass is 16.5. The molecule has 0 saturated carbocycles. The maximum atomic E-state index is 12.4. The Hall–Kier alpha value is -1.66. The zero-order chi connectivity index (χ0) is 44.4. The zero-order valence-corrected chi connectivity index (χ0v) is 40.9. The molecule has 3 N–H and O–H groups in total. The highest BCUT2D eigenvalue weighted by molar-refractivity contribution is 5.76. The minimum atomic E-state index is -0.854. The number of ether oxygens (including phenoxy) is 1. The number of esters is 1. The van der Waals surface area contributed by atoms with Crippen molar-refractivity contribution in [3.63, 3.8) is 0 Å². The van der Waals surface area contributed by atoms with E-state index in [1.54, 1.807) is 6.08 Å². The highest BCUT2D eigenvalue weighted by Crippen LogP contribution is 2.16.